The molecule has 0 radical (unpaired) electrons. The highest BCUT2D eigenvalue weighted by molar-refractivity contribution is 5.74. The molecule has 3 rings (SSSR count). The minimum Gasteiger partial charge on any atom is -0.491 e. The molecule has 0 fully saturated rings. The lowest BCUT2D eigenvalue weighted by atomic mass is 10.1. The van der Waals surface area contributed by atoms with Gasteiger partial charge in [-0.05, 0) is 43.5 Å². The van der Waals surface area contributed by atoms with Crippen molar-refractivity contribution in [2.75, 3.05) is 18.5 Å². The van der Waals surface area contributed by atoms with Crippen LogP contribution in [0.3, 0.4) is 0 Å². The first kappa shape index (κ1) is 23.6. The highest BCUT2D eigenvalue weighted by Crippen LogP contribution is 2.19. The second kappa shape index (κ2) is 10.5. The number of nitrogens with zero attached hydrogens (tertiary/aromatic N) is 3. The summed E-state index contributed by atoms with van der Waals surface area (Å²) in [6, 6.07) is 5.77. The number of unbranched alkanes of at least 4 members (excludes halogenated alkanes) is 3. The first-order valence-corrected chi connectivity index (χ1v) is 11.1. The van der Waals surface area contributed by atoms with E-state index in [4.69, 9.17) is 4.74 Å². The summed E-state index contributed by atoms with van der Waals surface area (Å²) in [4.78, 5) is 31.4. The first-order valence-electron chi connectivity index (χ1n) is 11.1. The van der Waals surface area contributed by atoms with E-state index in [1.165, 1.54) is 10.1 Å². The number of hydrogen-bond acceptors (Lipinski definition) is 6. The van der Waals surface area contributed by atoms with Crippen molar-refractivity contribution < 1.29 is 9.84 Å². The highest BCUT2D eigenvalue weighted by atomic mass is 16.5. The summed E-state index contributed by atoms with van der Waals surface area (Å²) >= 11 is 0. The summed E-state index contributed by atoms with van der Waals surface area (Å²) in [5, 5.41) is 13.9. The molecule has 0 aliphatic rings. The van der Waals surface area contributed by atoms with Gasteiger partial charge in [-0.3, -0.25) is 14.3 Å². The first-order chi connectivity index (χ1) is 15.3. The van der Waals surface area contributed by atoms with Gasteiger partial charge in [0.15, 0.2) is 11.2 Å². The number of ether oxygens (including phenoxy) is 1. The van der Waals surface area contributed by atoms with Crippen LogP contribution in [0.5, 0.6) is 5.75 Å². The number of aliphatic hydroxyl groups excluding tert-OH is 1. The minimum absolute atomic E-state index is 0.0573. The summed E-state index contributed by atoms with van der Waals surface area (Å²) in [7, 11) is 1.56. The molecule has 0 bridgehead atoms. The topological polar surface area (TPSA) is 114 Å². The number of aromatic nitrogens is 4. The van der Waals surface area contributed by atoms with E-state index in [1.54, 1.807) is 11.6 Å². The van der Waals surface area contributed by atoms with E-state index >= 15 is 0 Å². The van der Waals surface area contributed by atoms with Crippen LogP contribution in [0, 0.1) is 13.8 Å². The Morgan fingerprint density at radius 2 is 1.97 bits per heavy atom. The molecule has 3 aromatic rings. The van der Waals surface area contributed by atoms with E-state index in [-0.39, 0.29) is 24.3 Å². The lowest BCUT2D eigenvalue weighted by molar-refractivity contribution is 0.0938. The van der Waals surface area contributed by atoms with Crippen LogP contribution in [-0.2, 0) is 13.6 Å². The largest absolute Gasteiger partial charge is 0.491 e. The average molecular weight is 444 g/mol. The van der Waals surface area contributed by atoms with Crippen LogP contribution >= 0.6 is 0 Å². The number of nitrogens with one attached hydrogen (secondary N) is 2. The Morgan fingerprint density at radius 3 is 2.69 bits per heavy atom. The number of aryl methyl sites for hydroxylation is 3. The van der Waals surface area contributed by atoms with E-state index in [0.29, 0.717) is 18.2 Å². The predicted octanol–water partition coefficient (Wildman–Crippen LogP) is 2.47. The summed E-state index contributed by atoms with van der Waals surface area (Å²) < 4.78 is 8.68. The standard InChI is InChI=1S/C23H33N5O4/c1-5-6-7-8-11-24-22-25-20-19(21(30)26-23(31)27(20)4)28(22)13-17(29)14-32-18-10-9-15(2)16(3)12-18/h9-10,12,17,29H,5-8,11,13-14H2,1-4H3,(H,24,25)(H,26,30,31)/t17-/m1/s1. The Labute approximate surface area is 187 Å². The van der Waals surface area contributed by atoms with Gasteiger partial charge in [-0.25, -0.2) is 4.79 Å². The second-order valence-corrected chi connectivity index (χ2v) is 8.23. The monoisotopic (exact) mass is 443 g/mol. The van der Waals surface area contributed by atoms with Gasteiger partial charge < -0.3 is 19.7 Å². The molecule has 3 N–H and O–H groups in total. The van der Waals surface area contributed by atoms with Crippen molar-refractivity contribution in [3.05, 3.63) is 50.2 Å². The number of hydrogen-bond donors (Lipinski definition) is 3. The predicted molar refractivity (Wildman–Crippen MR) is 126 cm³/mol. The quantitative estimate of drug-likeness (QED) is 0.392. The molecule has 0 unspecified atom stereocenters. The highest BCUT2D eigenvalue weighted by Gasteiger charge is 2.20. The van der Waals surface area contributed by atoms with E-state index in [0.717, 1.165) is 31.2 Å². The van der Waals surface area contributed by atoms with Crippen molar-refractivity contribution in [2.24, 2.45) is 7.05 Å². The zero-order chi connectivity index (χ0) is 23.3. The molecule has 0 saturated heterocycles. The van der Waals surface area contributed by atoms with Crippen LogP contribution < -0.4 is 21.3 Å². The number of imidazole rings is 1. The zero-order valence-electron chi connectivity index (χ0n) is 19.3. The molecule has 1 atom stereocenters. The van der Waals surface area contributed by atoms with Crippen molar-refractivity contribution in [2.45, 2.75) is 59.1 Å². The van der Waals surface area contributed by atoms with Gasteiger partial charge in [0.2, 0.25) is 5.95 Å². The van der Waals surface area contributed by atoms with Gasteiger partial charge in [-0.15, -0.1) is 0 Å². The summed E-state index contributed by atoms with van der Waals surface area (Å²) in [5.74, 6) is 1.13. The number of aromatic amines is 1. The van der Waals surface area contributed by atoms with E-state index in [2.05, 4.69) is 22.2 Å². The van der Waals surface area contributed by atoms with Gasteiger partial charge in [0, 0.05) is 13.6 Å². The normalized spacial score (nSPS) is 12.3. The maximum Gasteiger partial charge on any atom is 0.329 e. The van der Waals surface area contributed by atoms with Gasteiger partial charge in [0.25, 0.3) is 5.56 Å². The van der Waals surface area contributed by atoms with Gasteiger partial charge >= 0.3 is 5.69 Å². The molecule has 1 aromatic carbocycles. The molecular formula is C23H33N5O4. The fourth-order valence-corrected chi connectivity index (χ4v) is 3.56. The third-order valence-electron chi connectivity index (χ3n) is 5.63. The maximum absolute atomic E-state index is 12.6. The minimum atomic E-state index is -0.883. The van der Waals surface area contributed by atoms with Crippen molar-refractivity contribution in [3.8, 4) is 5.75 Å². The number of H-pyrrole nitrogens is 1. The van der Waals surface area contributed by atoms with Gasteiger partial charge in [-0.1, -0.05) is 32.3 Å². The fraction of sp³-hybridized carbons (Fsp3) is 0.522. The van der Waals surface area contributed by atoms with Gasteiger partial charge in [-0.2, -0.15) is 4.98 Å². The maximum atomic E-state index is 12.6. The third kappa shape index (κ3) is 5.40. The Hall–Kier alpha value is -3.07. The van der Waals surface area contributed by atoms with Crippen LogP contribution in [0.1, 0.15) is 43.7 Å². The van der Waals surface area contributed by atoms with Crippen LogP contribution in [0.25, 0.3) is 11.2 Å². The van der Waals surface area contributed by atoms with Crippen LogP contribution in [0.2, 0.25) is 0 Å². The molecule has 0 spiro atoms. The average Bonchev–Trinajstić information content (AvgIpc) is 3.11. The molecule has 9 nitrogen and oxygen atoms in total. The zero-order valence-corrected chi connectivity index (χ0v) is 19.3. The van der Waals surface area contributed by atoms with Crippen LogP contribution in [0.15, 0.2) is 27.8 Å². The van der Waals surface area contributed by atoms with Crippen molar-refractivity contribution in [1.29, 1.82) is 0 Å². The second-order valence-electron chi connectivity index (χ2n) is 8.23. The molecule has 0 aliphatic carbocycles. The lowest BCUT2D eigenvalue weighted by Gasteiger charge is -2.16. The Morgan fingerprint density at radius 1 is 1.19 bits per heavy atom. The SMILES string of the molecule is CCCCCCNc1nc2c(c(=O)[nH]c(=O)n2C)n1C[C@@H](O)COc1ccc(C)c(C)c1. The molecule has 0 saturated carbocycles. The molecule has 2 aromatic heterocycles. The molecule has 9 heteroatoms. The van der Waals surface area contributed by atoms with Crippen molar-refractivity contribution in [1.82, 2.24) is 19.1 Å². The van der Waals surface area contributed by atoms with E-state index < -0.39 is 17.4 Å². The number of fused-ring (bicyclic) bond motifs is 1. The number of benzene rings is 1. The molecular weight excluding hydrogens is 410 g/mol. The fourth-order valence-electron chi connectivity index (χ4n) is 3.56. The van der Waals surface area contributed by atoms with Gasteiger partial charge in [0.1, 0.15) is 18.5 Å². The number of aliphatic hydroxyl groups is 1. The smallest absolute Gasteiger partial charge is 0.329 e. The molecule has 2 heterocycles. The van der Waals surface area contributed by atoms with Crippen molar-refractivity contribution in [3.63, 3.8) is 0 Å². The van der Waals surface area contributed by atoms with Crippen molar-refractivity contribution >= 4 is 17.1 Å². The van der Waals surface area contributed by atoms with Crippen LogP contribution in [-0.4, -0.2) is 43.5 Å². The number of rotatable bonds is 11. The molecule has 32 heavy (non-hydrogen) atoms. The third-order valence-corrected chi connectivity index (χ3v) is 5.63. The van der Waals surface area contributed by atoms with E-state index in [9.17, 15) is 14.7 Å². The van der Waals surface area contributed by atoms with E-state index in [1.807, 2.05) is 32.0 Å². The molecule has 0 aliphatic heterocycles. The molecule has 174 valence electrons. The summed E-state index contributed by atoms with van der Waals surface area (Å²) in [5.41, 5.74) is 1.74. The van der Waals surface area contributed by atoms with Gasteiger partial charge in [0.05, 0.1) is 6.54 Å². The van der Waals surface area contributed by atoms with Crippen LogP contribution in [0.4, 0.5) is 5.95 Å². The lowest BCUT2D eigenvalue weighted by Crippen LogP contribution is -2.31. The molecule has 0 amide bonds. The Bertz CT molecular complexity index is 1180. The Kier molecular flexibility index (Phi) is 7.74. The Balaban J connectivity index is 1.81. The summed E-state index contributed by atoms with van der Waals surface area (Å²) in [6.07, 6.45) is 3.47. The summed E-state index contributed by atoms with van der Waals surface area (Å²) in [6.45, 7) is 7.03. The number of anilines is 1.